The van der Waals surface area contributed by atoms with Gasteiger partial charge in [-0.25, -0.2) is 9.31 Å². The maximum atomic E-state index is 13.0. The molecule has 1 amide bonds. The van der Waals surface area contributed by atoms with Crippen molar-refractivity contribution in [3.63, 3.8) is 0 Å². The summed E-state index contributed by atoms with van der Waals surface area (Å²) in [6, 6.07) is 4.14. The number of amides is 1. The highest BCUT2D eigenvalue weighted by molar-refractivity contribution is 5.68. The standard InChI is InChI=1S/C21H27F3N4O3/c1-20(2,21(22,23)24)31-19(29)27-7-5-15(6-8-27)17-13-25-28-14-16(3-4-18(17)28)26-9-11-30-12-10-26/h3-4,13-15H,5-12H2,1-2H3. The van der Waals surface area contributed by atoms with Crippen LogP contribution in [0.1, 0.15) is 38.2 Å². The summed E-state index contributed by atoms with van der Waals surface area (Å²) in [5.74, 6) is 0.186. The smallest absolute Gasteiger partial charge is 0.427 e. The van der Waals surface area contributed by atoms with E-state index in [4.69, 9.17) is 9.47 Å². The molecule has 2 fully saturated rings. The van der Waals surface area contributed by atoms with E-state index in [9.17, 15) is 18.0 Å². The van der Waals surface area contributed by atoms with Crippen LogP contribution in [0.5, 0.6) is 0 Å². The minimum absolute atomic E-state index is 0.186. The molecule has 0 bridgehead atoms. The van der Waals surface area contributed by atoms with Gasteiger partial charge in [0, 0.05) is 31.7 Å². The Balaban J connectivity index is 1.40. The molecule has 4 heterocycles. The number of piperidine rings is 1. The largest absolute Gasteiger partial charge is 0.434 e. The van der Waals surface area contributed by atoms with Gasteiger partial charge in [0.2, 0.25) is 5.60 Å². The molecule has 2 aromatic rings. The molecular weight excluding hydrogens is 413 g/mol. The van der Waals surface area contributed by atoms with Gasteiger partial charge in [-0.05, 0) is 44.7 Å². The molecule has 31 heavy (non-hydrogen) atoms. The van der Waals surface area contributed by atoms with Crippen LogP contribution in [0.25, 0.3) is 5.52 Å². The quantitative estimate of drug-likeness (QED) is 0.726. The van der Waals surface area contributed by atoms with Gasteiger partial charge in [-0.3, -0.25) is 0 Å². The number of morpholine rings is 1. The highest BCUT2D eigenvalue weighted by atomic mass is 19.4. The van der Waals surface area contributed by atoms with Crippen molar-refractivity contribution in [3.8, 4) is 0 Å². The van der Waals surface area contributed by atoms with E-state index < -0.39 is 17.9 Å². The van der Waals surface area contributed by atoms with E-state index >= 15 is 0 Å². The minimum Gasteiger partial charge on any atom is -0.434 e. The average molecular weight is 440 g/mol. The fourth-order valence-corrected chi connectivity index (χ4v) is 4.03. The number of pyridine rings is 1. The molecule has 2 aromatic heterocycles. The van der Waals surface area contributed by atoms with Gasteiger partial charge in [0.1, 0.15) is 0 Å². The zero-order valence-electron chi connectivity index (χ0n) is 17.7. The van der Waals surface area contributed by atoms with Crippen LogP contribution in [-0.4, -0.2) is 71.8 Å². The number of anilines is 1. The first-order chi connectivity index (χ1) is 14.7. The summed E-state index contributed by atoms with van der Waals surface area (Å²) in [5, 5.41) is 4.51. The average Bonchev–Trinajstić information content (AvgIpc) is 3.16. The van der Waals surface area contributed by atoms with E-state index in [-0.39, 0.29) is 5.92 Å². The number of halogens is 3. The van der Waals surface area contributed by atoms with Crippen LogP contribution in [0.15, 0.2) is 24.5 Å². The van der Waals surface area contributed by atoms with Crippen molar-refractivity contribution in [3.05, 3.63) is 30.1 Å². The first kappa shape index (κ1) is 21.7. The number of ether oxygens (including phenoxy) is 2. The lowest BCUT2D eigenvalue weighted by Crippen LogP contribution is -2.48. The van der Waals surface area contributed by atoms with E-state index in [1.807, 2.05) is 16.9 Å². The Labute approximate surface area is 178 Å². The Morgan fingerprint density at radius 3 is 2.45 bits per heavy atom. The number of carbonyl (C=O) groups is 1. The molecule has 10 heteroatoms. The number of hydrogen-bond donors (Lipinski definition) is 0. The van der Waals surface area contributed by atoms with Crippen molar-refractivity contribution >= 4 is 17.3 Å². The molecule has 2 aliphatic rings. The fourth-order valence-electron chi connectivity index (χ4n) is 4.03. The first-order valence-corrected chi connectivity index (χ1v) is 10.5. The van der Waals surface area contributed by atoms with E-state index in [2.05, 4.69) is 22.1 Å². The predicted octanol–water partition coefficient (Wildman–Crippen LogP) is 3.83. The molecule has 0 saturated carbocycles. The highest BCUT2D eigenvalue weighted by Crippen LogP contribution is 2.35. The molecule has 0 unspecified atom stereocenters. The Morgan fingerprint density at radius 1 is 1.13 bits per heavy atom. The molecule has 0 radical (unpaired) electrons. The molecule has 0 atom stereocenters. The van der Waals surface area contributed by atoms with Crippen LogP contribution in [-0.2, 0) is 9.47 Å². The predicted molar refractivity (Wildman–Crippen MR) is 108 cm³/mol. The number of nitrogens with zero attached hydrogens (tertiary/aromatic N) is 4. The number of rotatable bonds is 3. The second-order valence-electron chi connectivity index (χ2n) is 8.55. The lowest BCUT2D eigenvalue weighted by molar-refractivity contribution is -0.246. The number of aromatic nitrogens is 2. The van der Waals surface area contributed by atoms with E-state index in [0.29, 0.717) is 39.1 Å². The maximum absolute atomic E-state index is 13.0. The second kappa shape index (κ2) is 8.22. The van der Waals surface area contributed by atoms with Gasteiger partial charge in [0.25, 0.3) is 0 Å². The van der Waals surface area contributed by atoms with Crippen molar-refractivity contribution in [2.75, 3.05) is 44.3 Å². The third-order valence-corrected chi connectivity index (χ3v) is 6.12. The van der Waals surface area contributed by atoms with E-state index in [1.165, 1.54) is 4.90 Å². The Kier molecular flexibility index (Phi) is 5.76. The van der Waals surface area contributed by atoms with Crippen LogP contribution < -0.4 is 4.90 Å². The SMILES string of the molecule is CC(C)(OC(=O)N1CCC(c2cnn3cc(N4CCOCC4)ccc23)CC1)C(F)(F)F. The zero-order valence-corrected chi connectivity index (χ0v) is 17.7. The zero-order chi connectivity index (χ0) is 22.2. The number of fused-ring (bicyclic) bond motifs is 1. The van der Waals surface area contributed by atoms with E-state index in [1.54, 1.807) is 0 Å². The van der Waals surface area contributed by atoms with Crippen molar-refractivity contribution in [1.82, 2.24) is 14.5 Å². The maximum Gasteiger partial charge on any atom is 0.427 e. The molecule has 170 valence electrons. The lowest BCUT2D eigenvalue weighted by atomic mass is 9.90. The number of likely N-dealkylation sites (tertiary alicyclic amines) is 1. The summed E-state index contributed by atoms with van der Waals surface area (Å²) in [7, 11) is 0. The van der Waals surface area contributed by atoms with E-state index in [0.717, 1.165) is 43.7 Å². The molecular formula is C21H27F3N4O3. The molecule has 4 rings (SSSR count). The second-order valence-corrected chi connectivity index (χ2v) is 8.55. The fraction of sp³-hybridized carbons (Fsp3) is 0.619. The molecule has 0 aromatic carbocycles. The van der Waals surface area contributed by atoms with Crippen molar-refractivity contribution in [2.24, 2.45) is 0 Å². The summed E-state index contributed by atoms with van der Waals surface area (Å²) >= 11 is 0. The van der Waals surface area contributed by atoms with Crippen LogP contribution in [0.4, 0.5) is 23.7 Å². The van der Waals surface area contributed by atoms with Gasteiger partial charge in [-0.1, -0.05) is 0 Å². The molecule has 2 aliphatic heterocycles. The van der Waals surface area contributed by atoms with Gasteiger partial charge in [0.15, 0.2) is 0 Å². The molecule has 7 nitrogen and oxygen atoms in total. The van der Waals surface area contributed by atoms with Crippen LogP contribution in [0.3, 0.4) is 0 Å². The monoisotopic (exact) mass is 440 g/mol. The van der Waals surface area contributed by atoms with Gasteiger partial charge < -0.3 is 19.3 Å². The molecule has 0 aliphatic carbocycles. The molecule has 2 saturated heterocycles. The number of alkyl halides is 3. The minimum atomic E-state index is -4.61. The summed E-state index contributed by atoms with van der Waals surface area (Å²) in [5.41, 5.74) is 0.686. The summed E-state index contributed by atoms with van der Waals surface area (Å²) in [6.45, 7) is 5.54. The third-order valence-electron chi connectivity index (χ3n) is 6.12. The molecule has 0 spiro atoms. The topological polar surface area (TPSA) is 59.3 Å². The van der Waals surface area contributed by atoms with Crippen molar-refractivity contribution < 1.29 is 27.4 Å². The summed E-state index contributed by atoms with van der Waals surface area (Å²) in [6.07, 6.45) is -0.379. The Hall–Kier alpha value is -2.49. The first-order valence-electron chi connectivity index (χ1n) is 10.5. The summed E-state index contributed by atoms with van der Waals surface area (Å²) < 4.78 is 51.0. The van der Waals surface area contributed by atoms with Crippen LogP contribution >= 0.6 is 0 Å². The van der Waals surface area contributed by atoms with Gasteiger partial charge in [0.05, 0.1) is 36.8 Å². The van der Waals surface area contributed by atoms with Crippen LogP contribution in [0.2, 0.25) is 0 Å². The van der Waals surface area contributed by atoms with Crippen molar-refractivity contribution in [2.45, 2.75) is 44.4 Å². The van der Waals surface area contributed by atoms with Crippen LogP contribution in [0, 0.1) is 0 Å². The highest BCUT2D eigenvalue weighted by Gasteiger charge is 2.51. The van der Waals surface area contributed by atoms with Crippen molar-refractivity contribution in [1.29, 1.82) is 0 Å². The van der Waals surface area contributed by atoms with Gasteiger partial charge in [-0.15, -0.1) is 0 Å². The van der Waals surface area contributed by atoms with Gasteiger partial charge >= 0.3 is 12.3 Å². The molecule has 0 N–H and O–H groups in total. The third kappa shape index (κ3) is 4.44. The number of hydrogen-bond acceptors (Lipinski definition) is 5. The Bertz CT molecular complexity index is 930. The summed E-state index contributed by atoms with van der Waals surface area (Å²) in [4.78, 5) is 15.8. The number of carbonyl (C=O) groups excluding carboxylic acids is 1. The van der Waals surface area contributed by atoms with Gasteiger partial charge in [-0.2, -0.15) is 18.3 Å². The Morgan fingerprint density at radius 2 is 1.81 bits per heavy atom. The lowest BCUT2D eigenvalue weighted by Gasteiger charge is -2.35. The normalized spacial score (nSPS) is 19.1.